The molecule has 1 saturated heterocycles. The van der Waals surface area contributed by atoms with Crippen molar-refractivity contribution < 1.29 is 40.5 Å². The Hall–Kier alpha value is -0.572. The van der Waals surface area contributed by atoms with Crippen LogP contribution in [0.25, 0.3) is 0 Å². The van der Waals surface area contributed by atoms with Gasteiger partial charge in [-0.25, -0.2) is 4.79 Å². The summed E-state index contributed by atoms with van der Waals surface area (Å²) in [5.41, 5.74) is -0.595. The van der Waals surface area contributed by atoms with Gasteiger partial charge >= 0.3 is 12.1 Å². The number of likely N-dealkylation sites (tertiary alicyclic amines) is 1. The summed E-state index contributed by atoms with van der Waals surface area (Å²) in [4.78, 5) is 23.6. The Labute approximate surface area is 109 Å². The summed E-state index contributed by atoms with van der Waals surface area (Å²) in [7, 11) is 0. The second-order valence-electron chi connectivity index (χ2n) is 4.51. The Morgan fingerprint density at radius 2 is 2.00 bits per heavy atom. The van der Waals surface area contributed by atoms with E-state index in [2.05, 4.69) is 0 Å². The Balaban J connectivity index is 0.00000225. The summed E-state index contributed by atoms with van der Waals surface area (Å²) >= 11 is 0. The normalized spacial score (nSPS) is 20.2. The van der Waals surface area contributed by atoms with Crippen molar-refractivity contribution in [2.45, 2.75) is 38.8 Å². The van der Waals surface area contributed by atoms with Crippen LogP contribution in [0.1, 0.15) is 27.2 Å². The molecule has 1 aliphatic rings. The average Bonchev–Trinajstić information content (AvgIpc) is 2.47. The second kappa shape index (κ2) is 5.67. The number of carbonyl (C=O) groups is 2. The smallest absolute Gasteiger partial charge is 0.408 e. The van der Waals surface area contributed by atoms with Gasteiger partial charge in [0.25, 0.3) is 0 Å². The van der Waals surface area contributed by atoms with Crippen molar-refractivity contribution in [2.24, 2.45) is 0 Å². The maximum absolute atomic E-state index is 11.6. The number of aliphatic carboxylic acids is 1. The molecule has 0 radical (unpaired) electrons. The van der Waals surface area contributed by atoms with Crippen LogP contribution in [-0.2, 0) is 30.6 Å². The number of carboxylic acid groups (broad SMARTS) is 1. The minimum atomic E-state index is -0.991. The van der Waals surface area contributed by atoms with Gasteiger partial charge in [0.2, 0.25) is 0 Å². The van der Waals surface area contributed by atoms with Crippen LogP contribution in [0.5, 0.6) is 0 Å². The van der Waals surface area contributed by atoms with Gasteiger partial charge in [0.1, 0.15) is 11.6 Å². The predicted octanol–water partition coefficient (Wildman–Crippen LogP) is 1.28. The van der Waals surface area contributed by atoms with Gasteiger partial charge in [-0.3, -0.25) is 4.79 Å². The fraction of sp³-hybridized carbons (Fsp3) is 0.700. The first-order valence-electron chi connectivity index (χ1n) is 4.85. The zero-order chi connectivity index (χ0) is 11.6. The molecule has 1 heterocycles. The molecule has 92 valence electrons. The van der Waals surface area contributed by atoms with Crippen LogP contribution in [0.4, 0.5) is 4.79 Å². The van der Waals surface area contributed by atoms with Crippen molar-refractivity contribution in [1.29, 1.82) is 0 Å². The summed E-state index contributed by atoms with van der Waals surface area (Å²) in [5, 5.41) is 8.86. The molecule has 0 aromatic rings. The van der Waals surface area contributed by atoms with Gasteiger partial charge < -0.3 is 21.2 Å². The van der Waals surface area contributed by atoms with E-state index in [-0.39, 0.29) is 21.1 Å². The van der Waals surface area contributed by atoms with Gasteiger partial charge in [0.05, 0.1) is 0 Å². The topological polar surface area (TPSA) is 66.8 Å². The number of ether oxygens (including phenoxy) is 1. The molecule has 1 amide bonds. The van der Waals surface area contributed by atoms with Crippen LogP contribution >= 0.6 is 0 Å². The summed E-state index contributed by atoms with van der Waals surface area (Å²) in [6, 6.07) is -0.778. The minimum absolute atomic E-state index is 0. The van der Waals surface area contributed by atoms with E-state index in [1.165, 1.54) is 4.90 Å². The standard InChI is InChI=1S/C10H16NO4.W/c1-10(2,3)15-9(14)11-6-4-5-7(11)8(12)13;/h4,7H,5-6H2,1-3H3,(H,12,13);/q-1;/t7-;/m0./s1. The zero-order valence-corrected chi connectivity index (χ0v) is 12.5. The van der Waals surface area contributed by atoms with E-state index in [0.29, 0.717) is 13.0 Å². The monoisotopic (exact) mass is 398 g/mol. The third-order valence-corrected chi connectivity index (χ3v) is 2.01. The maximum Gasteiger partial charge on any atom is 0.408 e. The van der Waals surface area contributed by atoms with Crippen LogP contribution in [0.2, 0.25) is 0 Å². The van der Waals surface area contributed by atoms with Crippen molar-refractivity contribution in [2.75, 3.05) is 6.54 Å². The van der Waals surface area contributed by atoms with Crippen LogP contribution in [-0.4, -0.2) is 40.3 Å². The van der Waals surface area contributed by atoms with Crippen molar-refractivity contribution in [3.8, 4) is 0 Å². The van der Waals surface area contributed by atoms with E-state index in [1.807, 2.05) is 0 Å². The molecule has 1 N–H and O–H groups in total. The summed E-state index contributed by atoms with van der Waals surface area (Å²) in [6.45, 7) is 5.59. The van der Waals surface area contributed by atoms with Crippen LogP contribution < -0.4 is 0 Å². The third-order valence-electron chi connectivity index (χ3n) is 2.01. The molecule has 0 bridgehead atoms. The molecule has 1 aliphatic heterocycles. The first kappa shape index (κ1) is 15.4. The first-order valence-corrected chi connectivity index (χ1v) is 4.85. The number of hydrogen-bond acceptors (Lipinski definition) is 3. The van der Waals surface area contributed by atoms with Gasteiger partial charge in [-0.2, -0.15) is 0 Å². The Kier molecular flexibility index (Phi) is 5.46. The number of carboxylic acids is 1. The number of amides is 1. The summed E-state index contributed by atoms with van der Waals surface area (Å²) < 4.78 is 5.11. The van der Waals surface area contributed by atoms with Crippen LogP contribution in [0.3, 0.4) is 0 Å². The van der Waals surface area contributed by atoms with E-state index in [1.54, 1.807) is 27.2 Å². The van der Waals surface area contributed by atoms with Gasteiger partial charge in [0, 0.05) is 21.1 Å². The molecule has 0 aromatic carbocycles. The Morgan fingerprint density at radius 3 is 2.44 bits per heavy atom. The molecule has 0 aromatic heterocycles. The van der Waals surface area contributed by atoms with Crippen molar-refractivity contribution in [1.82, 2.24) is 4.90 Å². The van der Waals surface area contributed by atoms with E-state index < -0.39 is 23.7 Å². The largest absolute Gasteiger partial charge is 0.480 e. The Morgan fingerprint density at radius 1 is 1.44 bits per heavy atom. The molecule has 16 heavy (non-hydrogen) atoms. The van der Waals surface area contributed by atoms with Crippen molar-refractivity contribution in [3.05, 3.63) is 6.42 Å². The minimum Gasteiger partial charge on any atom is -0.480 e. The SMILES string of the molecule is CC(C)(C)OC(=O)N1C[CH-]C[C@H]1C(=O)O.[W]. The van der Waals surface area contributed by atoms with Crippen LogP contribution in [0, 0.1) is 6.42 Å². The van der Waals surface area contributed by atoms with Gasteiger partial charge in [-0.15, -0.1) is 6.42 Å². The molecular weight excluding hydrogens is 382 g/mol. The molecule has 1 fully saturated rings. The van der Waals surface area contributed by atoms with E-state index in [0.717, 1.165) is 0 Å². The molecule has 5 nitrogen and oxygen atoms in total. The quantitative estimate of drug-likeness (QED) is 0.677. The van der Waals surface area contributed by atoms with E-state index >= 15 is 0 Å². The van der Waals surface area contributed by atoms with Crippen molar-refractivity contribution >= 4 is 12.1 Å². The maximum atomic E-state index is 11.6. The molecular formula is C10H16NO4W-. The number of hydrogen-bond donors (Lipinski definition) is 1. The predicted molar refractivity (Wildman–Crippen MR) is 53.3 cm³/mol. The first-order chi connectivity index (χ1) is 6.81. The van der Waals surface area contributed by atoms with Gasteiger partial charge in [-0.1, -0.05) is 6.54 Å². The molecule has 0 aliphatic carbocycles. The van der Waals surface area contributed by atoms with Crippen LogP contribution in [0.15, 0.2) is 0 Å². The van der Waals surface area contributed by atoms with Gasteiger partial charge in [-0.05, 0) is 20.8 Å². The van der Waals surface area contributed by atoms with Gasteiger partial charge in [0.15, 0.2) is 0 Å². The molecule has 0 saturated carbocycles. The second-order valence-corrected chi connectivity index (χ2v) is 4.51. The zero-order valence-electron chi connectivity index (χ0n) is 9.60. The molecule has 0 unspecified atom stereocenters. The molecule has 0 spiro atoms. The van der Waals surface area contributed by atoms with E-state index in [9.17, 15) is 9.59 Å². The third kappa shape index (κ3) is 4.12. The molecule has 6 heteroatoms. The fourth-order valence-electron chi connectivity index (χ4n) is 1.38. The molecule has 1 atom stereocenters. The number of carbonyl (C=O) groups excluding carboxylic acids is 1. The molecule has 1 rings (SSSR count). The van der Waals surface area contributed by atoms with Crippen molar-refractivity contribution in [3.63, 3.8) is 0 Å². The number of rotatable bonds is 1. The fourth-order valence-corrected chi connectivity index (χ4v) is 1.38. The average molecular weight is 398 g/mol. The summed E-state index contributed by atoms with van der Waals surface area (Å²) in [6.07, 6.45) is 1.58. The Bertz CT molecular complexity index is 274. The summed E-state index contributed by atoms with van der Waals surface area (Å²) in [5.74, 6) is -0.991. The van der Waals surface area contributed by atoms with E-state index in [4.69, 9.17) is 9.84 Å². The number of nitrogens with zero attached hydrogens (tertiary/aromatic N) is 1.